The summed E-state index contributed by atoms with van der Waals surface area (Å²) in [5.41, 5.74) is 11.9. The van der Waals surface area contributed by atoms with Crippen LogP contribution < -0.4 is 21.5 Å². The van der Waals surface area contributed by atoms with Crippen LogP contribution in [0.4, 0.5) is 11.4 Å². The number of carbonyl (C=O) groups excluding carboxylic acids is 2. The van der Waals surface area contributed by atoms with Gasteiger partial charge < -0.3 is 21.5 Å². The maximum Gasteiger partial charge on any atom is 0.238 e. The molecule has 1 rings (SSSR count). The number of hydrogen-bond donors (Lipinski definition) is 3. The lowest BCUT2D eigenvalue weighted by atomic mass is 10.2. The van der Waals surface area contributed by atoms with Crippen LogP contribution in [0.1, 0.15) is 13.8 Å². The van der Waals surface area contributed by atoms with E-state index >= 15 is 0 Å². The first kappa shape index (κ1) is 16.8. The van der Waals surface area contributed by atoms with E-state index in [2.05, 4.69) is 5.32 Å². The van der Waals surface area contributed by atoms with Crippen molar-refractivity contribution in [1.82, 2.24) is 4.90 Å². The van der Waals surface area contributed by atoms with E-state index in [1.807, 2.05) is 13.8 Å². The fraction of sp³-hybridized carbons (Fsp3) is 0.429. The Labute approximate surface area is 124 Å². The summed E-state index contributed by atoms with van der Waals surface area (Å²) in [4.78, 5) is 24.8. The average molecular weight is 294 g/mol. The minimum Gasteiger partial charge on any atom is -0.494 e. The summed E-state index contributed by atoms with van der Waals surface area (Å²) < 4.78 is 5.16. The highest BCUT2D eigenvalue weighted by molar-refractivity contribution is 5.94. The maximum atomic E-state index is 12.1. The van der Waals surface area contributed by atoms with Gasteiger partial charge in [0.2, 0.25) is 11.8 Å². The summed E-state index contributed by atoms with van der Waals surface area (Å²) in [6.45, 7) is 3.87. The Kier molecular flexibility index (Phi) is 5.98. The molecule has 1 aromatic rings. The van der Waals surface area contributed by atoms with Gasteiger partial charge in [0.15, 0.2) is 0 Å². The van der Waals surface area contributed by atoms with Crippen LogP contribution in [0.25, 0.3) is 0 Å². The average Bonchev–Trinajstić information content (AvgIpc) is 2.39. The summed E-state index contributed by atoms with van der Waals surface area (Å²) in [5, 5.41) is 2.73. The molecule has 0 saturated carbocycles. The summed E-state index contributed by atoms with van der Waals surface area (Å²) >= 11 is 0. The van der Waals surface area contributed by atoms with E-state index in [0.717, 1.165) is 0 Å². The Bertz CT molecular complexity index is 517. The molecular formula is C14H22N4O3. The third kappa shape index (κ3) is 5.31. The molecule has 0 spiro atoms. The number of ether oxygens (including phenoxy) is 1. The quantitative estimate of drug-likeness (QED) is 0.631. The number of benzene rings is 1. The lowest BCUT2D eigenvalue weighted by molar-refractivity contribution is -0.121. The number of methoxy groups -OCH3 is 1. The molecule has 7 heteroatoms. The zero-order valence-electron chi connectivity index (χ0n) is 12.6. The van der Waals surface area contributed by atoms with Gasteiger partial charge in [0.25, 0.3) is 0 Å². The zero-order chi connectivity index (χ0) is 16.0. The highest BCUT2D eigenvalue weighted by Crippen LogP contribution is 2.26. The molecule has 0 saturated heterocycles. The molecule has 0 radical (unpaired) electrons. The SMILES string of the molecule is COc1cc(N)ccc1NC(=O)CN(CC(N)=O)C(C)C. The van der Waals surface area contributed by atoms with E-state index in [9.17, 15) is 9.59 Å². The second-order valence-electron chi connectivity index (χ2n) is 4.97. The molecule has 0 aliphatic carbocycles. The molecule has 2 amide bonds. The molecule has 116 valence electrons. The minimum absolute atomic E-state index is 0.0246. The van der Waals surface area contributed by atoms with E-state index in [0.29, 0.717) is 17.1 Å². The van der Waals surface area contributed by atoms with Crippen molar-refractivity contribution in [1.29, 1.82) is 0 Å². The van der Waals surface area contributed by atoms with E-state index in [1.54, 1.807) is 23.1 Å². The molecule has 21 heavy (non-hydrogen) atoms. The van der Waals surface area contributed by atoms with Gasteiger partial charge in [-0.2, -0.15) is 0 Å². The van der Waals surface area contributed by atoms with Crippen LogP contribution in [0.15, 0.2) is 18.2 Å². The first-order chi connectivity index (χ1) is 9.83. The second-order valence-corrected chi connectivity index (χ2v) is 4.97. The number of nitrogen functional groups attached to an aromatic ring is 1. The van der Waals surface area contributed by atoms with Crippen LogP contribution in [0.2, 0.25) is 0 Å². The van der Waals surface area contributed by atoms with Gasteiger partial charge in [-0.1, -0.05) is 0 Å². The fourth-order valence-electron chi connectivity index (χ4n) is 1.81. The van der Waals surface area contributed by atoms with Crippen LogP contribution in [0.5, 0.6) is 5.75 Å². The third-order valence-electron chi connectivity index (χ3n) is 2.94. The van der Waals surface area contributed by atoms with Crippen molar-refractivity contribution in [2.24, 2.45) is 5.73 Å². The topological polar surface area (TPSA) is 111 Å². The largest absolute Gasteiger partial charge is 0.494 e. The molecule has 0 atom stereocenters. The van der Waals surface area contributed by atoms with Gasteiger partial charge in [0.05, 0.1) is 25.9 Å². The number of nitrogens with zero attached hydrogens (tertiary/aromatic N) is 1. The molecule has 5 N–H and O–H groups in total. The smallest absolute Gasteiger partial charge is 0.238 e. The Morgan fingerprint density at radius 3 is 2.52 bits per heavy atom. The van der Waals surface area contributed by atoms with Gasteiger partial charge in [0, 0.05) is 17.8 Å². The van der Waals surface area contributed by atoms with E-state index in [1.165, 1.54) is 7.11 Å². The van der Waals surface area contributed by atoms with E-state index in [4.69, 9.17) is 16.2 Å². The monoisotopic (exact) mass is 294 g/mol. The first-order valence-corrected chi connectivity index (χ1v) is 6.59. The van der Waals surface area contributed by atoms with Crippen LogP contribution in [0.3, 0.4) is 0 Å². The minimum atomic E-state index is -0.471. The number of nitrogens with two attached hydrogens (primary N) is 2. The summed E-state index contributed by atoms with van der Waals surface area (Å²) in [6.07, 6.45) is 0. The summed E-state index contributed by atoms with van der Waals surface area (Å²) in [6, 6.07) is 4.98. The van der Waals surface area contributed by atoms with Crippen LogP contribution in [-0.2, 0) is 9.59 Å². The fourth-order valence-corrected chi connectivity index (χ4v) is 1.81. The maximum absolute atomic E-state index is 12.1. The number of nitrogens with one attached hydrogen (secondary N) is 1. The Balaban J connectivity index is 2.74. The molecule has 0 aliphatic rings. The molecular weight excluding hydrogens is 272 g/mol. The van der Waals surface area contributed by atoms with E-state index in [-0.39, 0.29) is 25.0 Å². The molecule has 0 fully saturated rings. The van der Waals surface area contributed by atoms with Crippen molar-refractivity contribution in [2.45, 2.75) is 19.9 Å². The van der Waals surface area contributed by atoms with Gasteiger partial charge in [-0.15, -0.1) is 0 Å². The molecule has 0 heterocycles. The van der Waals surface area contributed by atoms with Crippen molar-refractivity contribution < 1.29 is 14.3 Å². The molecule has 7 nitrogen and oxygen atoms in total. The van der Waals surface area contributed by atoms with Crippen molar-refractivity contribution in [2.75, 3.05) is 31.2 Å². The first-order valence-electron chi connectivity index (χ1n) is 6.59. The normalized spacial score (nSPS) is 10.7. The Hall–Kier alpha value is -2.28. The zero-order valence-corrected chi connectivity index (χ0v) is 12.6. The number of amides is 2. The van der Waals surface area contributed by atoms with Gasteiger partial charge in [0.1, 0.15) is 5.75 Å². The number of primary amides is 1. The van der Waals surface area contributed by atoms with Gasteiger partial charge in [-0.3, -0.25) is 14.5 Å². The van der Waals surface area contributed by atoms with E-state index < -0.39 is 5.91 Å². The van der Waals surface area contributed by atoms with Gasteiger partial charge in [-0.05, 0) is 26.0 Å². The molecule has 1 aromatic carbocycles. The predicted molar refractivity (Wildman–Crippen MR) is 81.9 cm³/mol. The number of anilines is 2. The lowest BCUT2D eigenvalue weighted by Crippen LogP contribution is -2.43. The summed E-state index contributed by atoms with van der Waals surface area (Å²) in [5.74, 6) is -0.246. The third-order valence-corrected chi connectivity index (χ3v) is 2.94. The number of carbonyl (C=O) groups is 2. The molecule has 0 aromatic heterocycles. The van der Waals surface area contributed by atoms with Gasteiger partial charge >= 0.3 is 0 Å². The van der Waals surface area contributed by atoms with Crippen molar-refractivity contribution >= 4 is 23.2 Å². The van der Waals surface area contributed by atoms with Gasteiger partial charge in [-0.25, -0.2) is 0 Å². The molecule has 0 bridgehead atoms. The molecule has 0 unspecified atom stereocenters. The number of hydrogen-bond acceptors (Lipinski definition) is 5. The highest BCUT2D eigenvalue weighted by Gasteiger charge is 2.17. The number of rotatable bonds is 7. The van der Waals surface area contributed by atoms with Crippen LogP contribution in [0, 0.1) is 0 Å². The van der Waals surface area contributed by atoms with Crippen molar-refractivity contribution in [3.05, 3.63) is 18.2 Å². The Morgan fingerprint density at radius 1 is 1.33 bits per heavy atom. The second kappa shape index (κ2) is 7.49. The summed E-state index contributed by atoms with van der Waals surface area (Å²) in [7, 11) is 1.50. The lowest BCUT2D eigenvalue weighted by Gasteiger charge is -2.24. The van der Waals surface area contributed by atoms with Crippen LogP contribution in [-0.4, -0.2) is 43.0 Å². The van der Waals surface area contributed by atoms with Crippen molar-refractivity contribution in [3.8, 4) is 5.75 Å². The van der Waals surface area contributed by atoms with Crippen molar-refractivity contribution in [3.63, 3.8) is 0 Å². The standard InChI is InChI=1S/C14H22N4O3/c1-9(2)18(7-13(16)19)8-14(20)17-11-5-4-10(15)6-12(11)21-3/h4-6,9H,7-8,15H2,1-3H3,(H2,16,19)(H,17,20). The van der Waals surface area contributed by atoms with Crippen LogP contribution >= 0.6 is 0 Å². The molecule has 0 aliphatic heterocycles. The highest BCUT2D eigenvalue weighted by atomic mass is 16.5. The predicted octanol–water partition coefficient (Wildman–Crippen LogP) is 0.412. The Morgan fingerprint density at radius 2 is 2.00 bits per heavy atom.